The Hall–Kier alpha value is -0.470. The molecule has 84 valence electrons. The summed E-state index contributed by atoms with van der Waals surface area (Å²) in [5, 5.41) is -0.00611. The SMILES string of the molecule is CC1CCN(CC(Cl)c2ccco2)CC1. The maximum Gasteiger partial charge on any atom is 0.122 e. The van der Waals surface area contributed by atoms with Crippen molar-refractivity contribution in [3.63, 3.8) is 0 Å². The van der Waals surface area contributed by atoms with Gasteiger partial charge < -0.3 is 9.32 Å². The summed E-state index contributed by atoms with van der Waals surface area (Å²) in [6.07, 6.45) is 4.27. The van der Waals surface area contributed by atoms with E-state index in [1.807, 2.05) is 12.1 Å². The molecule has 0 saturated carbocycles. The number of piperidine rings is 1. The van der Waals surface area contributed by atoms with Crippen molar-refractivity contribution in [2.45, 2.75) is 25.1 Å². The summed E-state index contributed by atoms with van der Waals surface area (Å²) in [4.78, 5) is 2.43. The molecule has 1 fully saturated rings. The van der Waals surface area contributed by atoms with Gasteiger partial charge in [0.25, 0.3) is 0 Å². The molecule has 0 aromatic carbocycles. The van der Waals surface area contributed by atoms with Gasteiger partial charge in [0.2, 0.25) is 0 Å². The molecule has 0 bridgehead atoms. The summed E-state index contributed by atoms with van der Waals surface area (Å²) in [6, 6.07) is 3.84. The van der Waals surface area contributed by atoms with E-state index in [1.54, 1.807) is 6.26 Å². The van der Waals surface area contributed by atoms with Gasteiger partial charge in [0, 0.05) is 6.54 Å². The van der Waals surface area contributed by atoms with Crippen molar-refractivity contribution in [1.29, 1.82) is 0 Å². The van der Waals surface area contributed by atoms with Gasteiger partial charge >= 0.3 is 0 Å². The molecule has 1 aliphatic heterocycles. The van der Waals surface area contributed by atoms with Crippen molar-refractivity contribution in [1.82, 2.24) is 4.90 Å². The highest BCUT2D eigenvalue weighted by Gasteiger charge is 2.20. The topological polar surface area (TPSA) is 16.4 Å². The second-order valence-electron chi connectivity index (χ2n) is 4.47. The normalized spacial score (nSPS) is 21.7. The van der Waals surface area contributed by atoms with Crippen LogP contribution >= 0.6 is 11.6 Å². The molecule has 2 heterocycles. The molecule has 1 aromatic rings. The van der Waals surface area contributed by atoms with Crippen LogP contribution in [-0.2, 0) is 0 Å². The average Bonchev–Trinajstić information content (AvgIpc) is 2.74. The van der Waals surface area contributed by atoms with Crippen LogP contribution in [0.5, 0.6) is 0 Å². The van der Waals surface area contributed by atoms with Crippen LogP contribution in [0, 0.1) is 5.92 Å². The number of halogens is 1. The molecule has 2 rings (SSSR count). The lowest BCUT2D eigenvalue weighted by Crippen LogP contribution is -2.35. The molecule has 3 heteroatoms. The minimum Gasteiger partial charge on any atom is -0.468 e. The third-order valence-corrected chi connectivity index (χ3v) is 3.50. The molecule has 0 radical (unpaired) electrons. The first kappa shape index (κ1) is 11.0. The van der Waals surface area contributed by atoms with Gasteiger partial charge in [0.1, 0.15) is 11.1 Å². The molecule has 0 amide bonds. The number of rotatable bonds is 3. The van der Waals surface area contributed by atoms with Gasteiger partial charge in [-0.2, -0.15) is 0 Å². The molecule has 1 saturated heterocycles. The lowest BCUT2D eigenvalue weighted by molar-refractivity contribution is 0.189. The maximum absolute atomic E-state index is 6.28. The fraction of sp³-hybridized carbons (Fsp3) is 0.667. The van der Waals surface area contributed by atoms with Crippen LogP contribution in [0.15, 0.2) is 22.8 Å². The standard InChI is InChI=1S/C12H18ClNO/c1-10-4-6-14(7-5-10)9-11(13)12-3-2-8-15-12/h2-3,8,10-11H,4-7,9H2,1H3. The van der Waals surface area contributed by atoms with Gasteiger partial charge in [-0.05, 0) is 44.0 Å². The Bertz CT molecular complexity index is 278. The highest BCUT2D eigenvalue weighted by molar-refractivity contribution is 6.20. The quantitative estimate of drug-likeness (QED) is 0.737. The number of alkyl halides is 1. The Morgan fingerprint density at radius 2 is 2.27 bits per heavy atom. The van der Waals surface area contributed by atoms with E-state index >= 15 is 0 Å². The number of furan rings is 1. The summed E-state index contributed by atoms with van der Waals surface area (Å²) in [5.41, 5.74) is 0. The van der Waals surface area contributed by atoms with E-state index in [4.69, 9.17) is 16.0 Å². The van der Waals surface area contributed by atoms with Crippen molar-refractivity contribution in [2.24, 2.45) is 5.92 Å². The van der Waals surface area contributed by atoms with Crippen LogP contribution in [0.4, 0.5) is 0 Å². The number of hydrogen-bond donors (Lipinski definition) is 0. The summed E-state index contributed by atoms with van der Waals surface area (Å²) in [7, 11) is 0. The van der Waals surface area contributed by atoms with Crippen LogP contribution in [0.2, 0.25) is 0 Å². The van der Waals surface area contributed by atoms with Crippen molar-refractivity contribution in [3.05, 3.63) is 24.2 Å². The Kier molecular flexibility index (Phi) is 3.71. The van der Waals surface area contributed by atoms with Gasteiger partial charge in [0.05, 0.1) is 6.26 Å². The first-order valence-electron chi connectivity index (χ1n) is 5.65. The zero-order chi connectivity index (χ0) is 10.7. The second-order valence-corrected chi connectivity index (χ2v) is 4.99. The highest BCUT2D eigenvalue weighted by atomic mass is 35.5. The van der Waals surface area contributed by atoms with Gasteiger partial charge in [-0.1, -0.05) is 6.92 Å². The average molecular weight is 228 g/mol. The molecule has 1 unspecified atom stereocenters. The van der Waals surface area contributed by atoms with E-state index < -0.39 is 0 Å². The van der Waals surface area contributed by atoms with E-state index in [0.29, 0.717) is 0 Å². The van der Waals surface area contributed by atoms with Crippen molar-refractivity contribution in [2.75, 3.05) is 19.6 Å². The smallest absolute Gasteiger partial charge is 0.122 e. The van der Waals surface area contributed by atoms with Crippen molar-refractivity contribution in [3.8, 4) is 0 Å². The molecule has 1 aliphatic rings. The zero-order valence-corrected chi connectivity index (χ0v) is 9.91. The van der Waals surface area contributed by atoms with Crippen LogP contribution in [0.25, 0.3) is 0 Å². The monoisotopic (exact) mass is 227 g/mol. The molecule has 0 N–H and O–H groups in total. The summed E-state index contributed by atoms with van der Waals surface area (Å²) < 4.78 is 5.30. The van der Waals surface area contributed by atoms with E-state index in [1.165, 1.54) is 25.9 Å². The fourth-order valence-electron chi connectivity index (χ4n) is 2.03. The van der Waals surface area contributed by atoms with Crippen LogP contribution < -0.4 is 0 Å². The first-order chi connectivity index (χ1) is 7.25. The van der Waals surface area contributed by atoms with Crippen molar-refractivity contribution < 1.29 is 4.42 Å². The largest absolute Gasteiger partial charge is 0.468 e. The Labute approximate surface area is 96.2 Å². The predicted octanol–water partition coefficient (Wildman–Crippen LogP) is 3.29. The number of hydrogen-bond acceptors (Lipinski definition) is 2. The molecule has 15 heavy (non-hydrogen) atoms. The van der Waals surface area contributed by atoms with Gasteiger partial charge in [0.15, 0.2) is 0 Å². The minimum absolute atomic E-state index is 0.00611. The zero-order valence-electron chi connectivity index (χ0n) is 9.16. The van der Waals surface area contributed by atoms with Gasteiger partial charge in [-0.25, -0.2) is 0 Å². The summed E-state index contributed by atoms with van der Waals surface area (Å²) in [6.45, 7) is 5.57. The highest BCUT2D eigenvalue weighted by Crippen LogP contribution is 2.24. The van der Waals surface area contributed by atoms with E-state index in [2.05, 4.69) is 11.8 Å². The van der Waals surface area contributed by atoms with Crippen LogP contribution in [-0.4, -0.2) is 24.5 Å². The van der Waals surface area contributed by atoms with E-state index in [0.717, 1.165) is 18.2 Å². The number of nitrogens with zero attached hydrogens (tertiary/aromatic N) is 1. The van der Waals surface area contributed by atoms with E-state index in [9.17, 15) is 0 Å². The van der Waals surface area contributed by atoms with Crippen LogP contribution in [0.1, 0.15) is 30.9 Å². The minimum atomic E-state index is -0.00611. The maximum atomic E-state index is 6.28. The molecule has 0 spiro atoms. The van der Waals surface area contributed by atoms with Gasteiger partial charge in [-0.15, -0.1) is 11.6 Å². The van der Waals surface area contributed by atoms with E-state index in [-0.39, 0.29) is 5.38 Å². The third-order valence-electron chi connectivity index (χ3n) is 3.15. The molecule has 2 nitrogen and oxygen atoms in total. The lowest BCUT2D eigenvalue weighted by atomic mass is 9.99. The molecular weight excluding hydrogens is 210 g/mol. The lowest BCUT2D eigenvalue weighted by Gasteiger charge is -2.31. The summed E-state index contributed by atoms with van der Waals surface area (Å²) in [5.74, 6) is 1.76. The molecule has 0 aliphatic carbocycles. The Morgan fingerprint density at radius 1 is 1.53 bits per heavy atom. The summed E-state index contributed by atoms with van der Waals surface area (Å²) >= 11 is 6.28. The van der Waals surface area contributed by atoms with Crippen molar-refractivity contribution >= 4 is 11.6 Å². The fourth-order valence-corrected chi connectivity index (χ4v) is 2.35. The third kappa shape index (κ3) is 2.99. The second kappa shape index (κ2) is 5.04. The molecule has 1 atom stereocenters. The van der Waals surface area contributed by atoms with Crippen LogP contribution in [0.3, 0.4) is 0 Å². The Morgan fingerprint density at radius 3 is 2.87 bits per heavy atom. The predicted molar refractivity (Wildman–Crippen MR) is 62.1 cm³/mol. The Balaban J connectivity index is 1.82. The van der Waals surface area contributed by atoms with Gasteiger partial charge in [-0.3, -0.25) is 0 Å². The number of likely N-dealkylation sites (tertiary alicyclic amines) is 1. The molecule has 1 aromatic heterocycles. The first-order valence-corrected chi connectivity index (χ1v) is 6.09. The molecular formula is C12H18ClNO.